The summed E-state index contributed by atoms with van der Waals surface area (Å²) in [5.74, 6) is 1.17. The number of rotatable bonds is 3. The lowest BCUT2D eigenvalue weighted by Gasteiger charge is -2.08. The van der Waals surface area contributed by atoms with Crippen molar-refractivity contribution in [1.29, 1.82) is 5.41 Å². The number of ether oxygens (including phenoxy) is 1. The Morgan fingerprint density at radius 3 is 2.82 bits per heavy atom. The van der Waals surface area contributed by atoms with Gasteiger partial charge < -0.3 is 10.5 Å². The van der Waals surface area contributed by atoms with Crippen molar-refractivity contribution >= 4 is 5.84 Å². The Hall–Kier alpha value is -2.43. The second kappa shape index (κ2) is 4.61. The zero-order chi connectivity index (χ0) is 12.3. The topological polar surface area (TPSA) is 84.9 Å². The van der Waals surface area contributed by atoms with Crippen LogP contribution in [-0.4, -0.2) is 15.8 Å². The summed E-state index contributed by atoms with van der Waals surface area (Å²) < 4.78 is 5.65. The van der Waals surface area contributed by atoms with Crippen molar-refractivity contribution in [2.24, 2.45) is 5.73 Å². The summed E-state index contributed by atoms with van der Waals surface area (Å²) in [6.45, 7) is 1.86. The molecule has 17 heavy (non-hydrogen) atoms. The van der Waals surface area contributed by atoms with Gasteiger partial charge >= 0.3 is 0 Å². The third-order valence-corrected chi connectivity index (χ3v) is 2.19. The third kappa shape index (κ3) is 2.57. The summed E-state index contributed by atoms with van der Waals surface area (Å²) in [4.78, 5) is 8.08. The molecular formula is C12H12N4O. The van der Waals surface area contributed by atoms with E-state index < -0.39 is 0 Å². The Labute approximate surface area is 98.8 Å². The van der Waals surface area contributed by atoms with Crippen LogP contribution in [0.3, 0.4) is 0 Å². The lowest BCUT2D eigenvalue weighted by Crippen LogP contribution is -2.12. The molecule has 2 aromatic heterocycles. The molecule has 2 aromatic rings. The van der Waals surface area contributed by atoms with E-state index in [4.69, 9.17) is 15.9 Å². The highest BCUT2D eigenvalue weighted by atomic mass is 16.5. The molecule has 0 unspecified atom stereocenters. The molecule has 0 saturated carbocycles. The van der Waals surface area contributed by atoms with E-state index in [9.17, 15) is 0 Å². The SMILES string of the molecule is Cc1ncccc1Oc1ccnc(C(=N)N)c1. The summed E-state index contributed by atoms with van der Waals surface area (Å²) in [5.41, 5.74) is 6.55. The van der Waals surface area contributed by atoms with Gasteiger partial charge in [0.2, 0.25) is 0 Å². The molecule has 0 aromatic carbocycles. The largest absolute Gasteiger partial charge is 0.455 e. The molecule has 0 bridgehead atoms. The smallest absolute Gasteiger partial charge is 0.148 e. The predicted molar refractivity (Wildman–Crippen MR) is 64.3 cm³/mol. The second-order valence-electron chi connectivity index (χ2n) is 3.48. The zero-order valence-corrected chi connectivity index (χ0v) is 9.34. The first kappa shape index (κ1) is 11.1. The number of nitrogens with two attached hydrogens (primary N) is 1. The van der Waals surface area contributed by atoms with Gasteiger partial charge in [0.25, 0.3) is 0 Å². The van der Waals surface area contributed by atoms with E-state index in [-0.39, 0.29) is 5.84 Å². The average Bonchev–Trinajstić information content (AvgIpc) is 2.32. The fraction of sp³-hybridized carbons (Fsp3) is 0.0833. The van der Waals surface area contributed by atoms with Crippen LogP contribution in [0.1, 0.15) is 11.4 Å². The van der Waals surface area contributed by atoms with E-state index in [2.05, 4.69) is 9.97 Å². The molecule has 0 spiro atoms. The van der Waals surface area contributed by atoms with Crippen molar-refractivity contribution in [1.82, 2.24) is 9.97 Å². The van der Waals surface area contributed by atoms with Gasteiger partial charge in [-0.1, -0.05) is 0 Å². The number of hydrogen-bond acceptors (Lipinski definition) is 4. The number of aromatic nitrogens is 2. The molecule has 5 heteroatoms. The lowest BCUT2D eigenvalue weighted by atomic mass is 10.3. The van der Waals surface area contributed by atoms with E-state index >= 15 is 0 Å². The number of aryl methyl sites for hydroxylation is 1. The van der Waals surface area contributed by atoms with Crippen LogP contribution in [0.15, 0.2) is 36.7 Å². The van der Waals surface area contributed by atoms with Crippen molar-refractivity contribution in [3.05, 3.63) is 48.0 Å². The van der Waals surface area contributed by atoms with Gasteiger partial charge in [0.05, 0.1) is 5.69 Å². The Bertz CT molecular complexity index is 554. The Morgan fingerprint density at radius 2 is 2.12 bits per heavy atom. The Morgan fingerprint density at radius 1 is 1.29 bits per heavy atom. The van der Waals surface area contributed by atoms with E-state index in [1.54, 1.807) is 30.6 Å². The lowest BCUT2D eigenvalue weighted by molar-refractivity contribution is 0.475. The molecule has 2 heterocycles. The molecule has 5 nitrogen and oxygen atoms in total. The molecule has 0 atom stereocenters. The summed E-state index contributed by atoms with van der Waals surface area (Å²) in [5, 5.41) is 7.30. The van der Waals surface area contributed by atoms with E-state index in [1.165, 1.54) is 0 Å². The van der Waals surface area contributed by atoms with Crippen LogP contribution in [0.5, 0.6) is 11.5 Å². The number of pyridine rings is 2. The van der Waals surface area contributed by atoms with Crippen molar-refractivity contribution in [2.75, 3.05) is 0 Å². The average molecular weight is 228 g/mol. The maximum atomic E-state index is 7.30. The number of nitrogens with zero attached hydrogens (tertiary/aromatic N) is 2. The maximum absolute atomic E-state index is 7.30. The van der Waals surface area contributed by atoms with Crippen molar-refractivity contribution in [3.63, 3.8) is 0 Å². The fourth-order valence-corrected chi connectivity index (χ4v) is 1.33. The van der Waals surface area contributed by atoms with Crippen LogP contribution in [-0.2, 0) is 0 Å². The van der Waals surface area contributed by atoms with Gasteiger partial charge in [-0.25, -0.2) is 0 Å². The number of amidine groups is 1. The van der Waals surface area contributed by atoms with Gasteiger partial charge in [0.1, 0.15) is 23.0 Å². The minimum atomic E-state index is -0.0849. The summed E-state index contributed by atoms with van der Waals surface area (Å²) >= 11 is 0. The first-order valence-corrected chi connectivity index (χ1v) is 5.07. The van der Waals surface area contributed by atoms with Crippen LogP contribution in [0.25, 0.3) is 0 Å². The molecular weight excluding hydrogens is 216 g/mol. The summed E-state index contributed by atoms with van der Waals surface area (Å²) in [7, 11) is 0. The highest BCUT2D eigenvalue weighted by molar-refractivity contribution is 5.93. The van der Waals surface area contributed by atoms with E-state index in [0.29, 0.717) is 17.2 Å². The van der Waals surface area contributed by atoms with E-state index in [0.717, 1.165) is 5.69 Å². The quantitative estimate of drug-likeness (QED) is 0.620. The fourth-order valence-electron chi connectivity index (χ4n) is 1.33. The minimum absolute atomic E-state index is 0.0849. The standard InChI is InChI=1S/C12H12N4O/c1-8-11(3-2-5-15-8)17-9-4-6-16-10(7-9)12(13)14/h2-7H,1H3,(H3,13,14). The maximum Gasteiger partial charge on any atom is 0.148 e. The number of hydrogen-bond donors (Lipinski definition) is 2. The van der Waals surface area contributed by atoms with Crippen molar-refractivity contribution < 1.29 is 4.74 Å². The number of nitrogens with one attached hydrogen (secondary N) is 1. The second-order valence-corrected chi connectivity index (χ2v) is 3.48. The monoisotopic (exact) mass is 228 g/mol. The molecule has 86 valence electrons. The zero-order valence-electron chi connectivity index (χ0n) is 9.34. The molecule has 2 rings (SSSR count). The van der Waals surface area contributed by atoms with Gasteiger partial charge in [0.15, 0.2) is 0 Å². The molecule has 0 saturated heterocycles. The summed E-state index contributed by atoms with van der Waals surface area (Å²) in [6, 6.07) is 6.96. The van der Waals surface area contributed by atoms with Crippen LogP contribution in [0, 0.1) is 12.3 Å². The third-order valence-electron chi connectivity index (χ3n) is 2.19. The Balaban J connectivity index is 2.28. The predicted octanol–water partition coefficient (Wildman–Crippen LogP) is 1.86. The molecule has 3 N–H and O–H groups in total. The van der Waals surface area contributed by atoms with Crippen LogP contribution in [0.4, 0.5) is 0 Å². The highest BCUT2D eigenvalue weighted by Gasteiger charge is 2.04. The van der Waals surface area contributed by atoms with Crippen LogP contribution in [0.2, 0.25) is 0 Å². The Kier molecular flexibility index (Phi) is 3.00. The van der Waals surface area contributed by atoms with E-state index in [1.807, 2.05) is 13.0 Å². The molecule has 0 aliphatic heterocycles. The van der Waals surface area contributed by atoms with Crippen molar-refractivity contribution in [3.8, 4) is 11.5 Å². The van der Waals surface area contributed by atoms with Crippen molar-refractivity contribution in [2.45, 2.75) is 6.92 Å². The minimum Gasteiger partial charge on any atom is -0.455 e. The first-order chi connectivity index (χ1) is 8.16. The molecule has 0 aliphatic carbocycles. The number of nitrogen functional groups attached to an aromatic ring is 1. The molecule has 0 fully saturated rings. The van der Waals surface area contributed by atoms with Crippen LogP contribution >= 0.6 is 0 Å². The molecule has 0 aliphatic rings. The molecule has 0 amide bonds. The highest BCUT2D eigenvalue weighted by Crippen LogP contribution is 2.23. The molecule has 0 radical (unpaired) electrons. The van der Waals surface area contributed by atoms with Gasteiger partial charge in [-0.3, -0.25) is 15.4 Å². The van der Waals surface area contributed by atoms with Gasteiger partial charge in [0, 0.05) is 18.5 Å². The first-order valence-electron chi connectivity index (χ1n) is 5.07. The van der Waals surface area contributed by atoms with Gasteiger partial charge in [-0.2, -0.15) is 0 Å². The van der Waals surface area contributed by atoms with Crippen LogP contribution < -0.4 is 10.5 Å². The van der Waals surface area contributed by atoms with Gasteiger partial charge in [-0.05, 0) is 25.1 Å². The van der Waals surface area contributed by atoms with Gasteiger partial charge in [-0.15, -0.1) is 0 Å². The summed E-state index contributed by atoms with van der Waals surface area (Å²) in [6.07, 6.45) is 3.26. The normalized spacial score (nSPS) is 9.94.